The monoisotopic (exact) mass is 237 g/mol. The fourth-order valence-corrected chi connectivity index (χ4v) is 1.85. The zero-order valence-electron chi connectivity index (χ0n) is 9.75. The molecule has 0 saturated heterocycles. The summed E-state index contributed by atoms with van der Waals surface area (Å²) in [6.07, 6.45) is 0.526. The van der Waals surface area contributed by atoms with E-state index in [0.29, 0.717) is 12.8 Å². The van der Waals surface area contributed by atoms with Crippen molar-refractivity contribution in [2.75, 3.05) is 6.54 Å². The predicted octanol–water partition coefficient (Wildman–Crippen LogP) is 1.03. The maximum Gasteiger partial charge on any atom is 0.303 e. The molecule has 0 bridgehead atoms. The molecule has 4 N–H and O–H groups in total. The van der Waals surface area contributed by atoms with E-state index in [9.17, 15) is 9.90 Å². The van der Waals surface area contributed by atoms with E-state index in [4.69, 9.17) is 10.8 Å². The van der Waals surface area contributed by atoms with Crippen LogP contribution in [0.5, 0.6) is 0 Å². The molecule has 0 heterocycles. The molecule has 0 aliphatic rings. The Bertz CT molecular complexity index is 340. The molecule has 4 nitrogen and oxygen atoms in total. The van der Waals surface area contributed by atoms with Crippen LogP contribution < -0.4 is 5.73 Å². The summed E-state index contributed by atoms with van der Waals surface area (Å²) >= 11 is 0. The van der Waals surface area contributed by atoms with Gasteiger partial charge in [0, 0.05) is 13.0 Å². The van der Waals surface area contributed by atoms with Crippen molar-refractivity contribution < 1.29 is 15.0 Å². The van der Waals surface area contributed by atoms with Gasteiger partial charge in [-0.2, -0.15) is 0 Å². The Balaban J connectivity index is 2.60. The van der Waals surface area contributed by atoms with E-state index in [0.717, 1.165) is 5.56 Å². The second-order valence-corrected chi connectivity index (χ2v) is 4.19. The number of aliphatic hydroxyl groups is 1. The van der Waals surface area contributed by atoms with E-state index in [1.54, 1.807) is 0 Å². The molecule has 2 unspecified atom stereocenters. The van der Waals surface area contributed by atoms with Crippen LogP contribution in [0.15, 0.2) is 30.3 Å². The zero-order chi connectivity index (χ0) is 12.7. The maximum atomic E-state index is 10.6. The molecule has 0 aliphatic heterocycles. The number of carbonyl (C=O) groups is 1. The van der Waals surface area contributed by atoms with Gasteiger partial charge in [0.1, 0.15) is 0 Å². The lowest BCUT2D eigenvalue weighted by molar-refractivity contribution is -0.137. The fraction of sp³-hybridized carbons (Fsp3) is 0.462. The van der Waals surface area contributed by atoms with Crippen molar-refractivity contribution in [2.24, 2.45) is 11.7 Å². The molecule has 0 aromatic heterocycles. The lowest BCUT2D eigenvalue weighted by Gasteiger charge is -2.21. The van der Waals surface area contributed by atoms with Gasteiger partial charge in [-0.05, 0) is 24.3 Å². The molecule has 0 amide bonds. The zero-order valence-corrected chi connectivity index (χ0v) is 9.75. The Morgan fingerprint density at radius 1 is 1.29 bits per heavy atom. The van der Waals surface area contributed by atoms with E-state index >= 15 is 0 Å². The summed E-state index contributed by atoms with van der Waals surface area (Å²) in [5.74, 6) is -0.939. The number of benzene rings is 1. The minimum absolute atomic E-state index is 0.0640. The third kappa shape index (κ3) is 4.97. The molecular weight excluding hydrogens is 218 g/mol. The lowest BCUT2D eigenvalue weighted by Crippen LogP contribution is -2.30. The van der Waals surface area contributed by atoms with Crippen LogP contribution in [-0.2, 0) is 11.2 Å². The van der Waals surface area contributed by atoms with Gasteiger partial charge < -0.3 is 15.9 Å². The number of hydrogen-bond donors (Lipinski definition) is 3. The quantitative estimate of drug-likeness (QED) is 0.661. The van der Waals surface area contributed by atoms with Gasteiger partial charge in [0.05, 0.1) is 6.10 Å². The Morgan fingerprint density at radius 2 is 1.94 bits per heavy atom. The predicted molar refractivity (Wildman–Crippen MR) is 65.6 cm³/mol. The smallest absolute Gasteiger partial charge is 0.303 e. The average molecular weight is 237 g/mol. The Hall–Kier alpha value is -1.39. The number of hydrogen-bond acceptors (Lipinski definition) is 3. The lowest BCUT2D eigenvalue weighted by atomic mass is 9.90. The van der Waals surface area contributed by atoms with Gasteiger partial charge in [0.15, 0.2) is 0 Å². The molecule has 4 heteroatoms. The first-order chi connectivity index (χ1) is 8.13. The summed E-state index contributed by atoms with van der Waals surface area (Å²) in [6.45, 7) is 0.164. The minimum atomic E-state index is -0.840. The molecule has 1 aromatic rings. The number of carboxylic acid groups (broad SMARTS) is 1. The molecule has 2 atom stereocenters. The van der Waals surface area contributed by atoms with Crippen LogP contribution in [0.1, 0.15) is 18.4 Å². The van der Waals surface area contributed by atoms with Crippen LogP contribution in [0.2, 0.25) is 0 Å². The Morgan fingerprint density at radius 3 is 2.47 bits per heavy atom. The Labute approximate surface area is 101 Å². The molecule has 94 valence electrons. The van der Waals surface area contributed by atoms with Gasteiger partial charge in [-0.1, -0.05) is 30.3 Å². The van der Waals surface area contributed by atoms with Gasteiger partial charge in [-0.15, -0.1) is 0 Å². The highest BCUT2D eigenvalue weighted by atomic mass is 16.4. The third-order valence-electron chi connectivity index (χ3n) is 2.86. The summed E-state index contributed by atoms with van der Waals surface area (Å²) < 4.78 is 0. The molecule has 0 spiro atoms. The van der Waals surface area contributed by atoms with E-state index < -0.39 is 12.1 Å². The third-order valence-corrected chi connectivity index (χ3v) is 2.86. The number of aliphatic carboxylic acids is 1. The van der Waals surface area contributed by atoms with Gasteiger partial charge in [0.2, 0.25) is 0 Å². The van der Waals surface area contributed by atoms with Crippen molar-refractivity contribution in [1.82, 2.24) is 0 Å². The summed E-state index contributed by atoms with van der Waals surface area (Å²) in [5.41, 5.74) is 6.53. The number of carboxylic acids is 1. The maximum absolute atomic E-state index is 10.6. The first kappa shape index (κ1) is 13.7. The van der Waals surface area contributed by atoms with Crippen LogP contribution in [0, 0.1) is 5.92 Å². The largest absolute Gasteiger partial charge is 0.481 e. The van der Waals surface area contributed by atoms with Crippen molar-refractivity contribution in [3.63, 3.8) is 0 Å². The number of rotatable bonds is 7. The first-order valence-corrected chi connectivity index (χ1v) is 5.77. The van der Waals surface area contributed by atoms with Crippen LogP contribution in [0.25, 0.3) is 0 Å². The summed E-state index contributed by atoms with van der Waals surface area (Å²) in [6, 6.07) is 9.72. The van der Waals surface area contributed by atoms with Crippen LogP contribution in [-0.4, -0.2) is 28.8 Å². The van der Waals surface area contributed by atoms with Crippen molar-refractivity contribution in [3.8, 4) is 0 Å². The average Bonchev–Trinajstić information content (AvgIpc) is 2.34. The molecule has 0 saturated carbocycles. The van der Waals surface area contributed by atoms with Crippen molar-refractivity contribution in [3.05, 3.63) is 35.9 Å². The molecule has 0 radical (unpaired) electrons. The highest BCUT2D eigenvalue weighted by Gasteiger charge is 2.19. The second kappa shape index (κ2) is 7.04. The first-order valence-electron chi connectivity index (χ1n) is 5.77. The number of nitrogens with two attached hydrogens (primary N) is 1. The van der Waals surface area contributed by atoms with Crippen LogP contribution in [0.4, 0.5) is 0 Å². The fourth-order valence-electron chi connectivity index (χ4n) is 1.85. The Kier molecular flexibility index (Phi) is 5.66. The van der Waals surface area contributed by atoms with Crippen molar-refractivity contribution >= 4 is 5.97 Å². The normalized spacial score (nSPS) is 14.2. The summed E-state index contributed by atoms with van der Waals surface area (Å²) in [5, 5.41) is 18.4. The molecule has 0 fully saturated rings. The molecule has 1 aromatic carbocycles. The standard InChI is InChI=1S/C13H19NO3/c14-9-12(15)11(6-7-13(16)17)8-10-4-2-1-3-5-10/h1-5,11-12,15H,6-9,14H2,(H,16,17). The van der Waals surface area contributed by atoms with Crippen LogP contribution >= 0.6 is 0 Å². The van der Waals surface area contributed by atoms with Gasteiger partial charge in [0.25, 0.3) is 0 Å². The summed E-state index contributed by atoms with van der Waals surface area (Å²) in [4.78, 5) is 10.6. The molecule has 0 aliphatic carbocycles. The van der Waals surface area contributed by atoms with Gasteiger partial charge in [-0.25, -0.2) is 0 Å². The van der Waals surface area contributed by atoms with Crippen molar-refractivity contribution in [1.29, 1.82) is 0 Å². The molecular formula is C13H19NO3. The van der Waals surface area contributed by atoms with E-state index in [2.05, 4.69) is 0 Å². The van der Waals surface area contributed by atoms with Crippen LogP contribution in [0.3, 0.4) is 0 Å². The molecule has 1 rings (SSSR count). The highest BCUT2D eigenvalue weighted by Crippen LogP contribution is 2.17. The summed E-state index contributed by atoms with van der Waals surface area (Å²) in [7, 11) is 0. The van der Waals surface area contributed by atoms with E-state index in [1.165, 1.54) is 0 Å². The number of aliphatic hydroxyl groups excluding tert-OH is 1. The van der Waals surface area contributed by atoms with E-state index in [1.807, 2.05) is 30.3 Å². The highest BCUT2D eigenvalue weighted by molar-refractivity contribution is 5.66. The van der Waals surface area contributed by atoms with Crippen molar-refractivity contribution in [2.45, 2.75) is 25.4 Å². The second-order valence-electron chi connectivity index (χ2n) is 4.19. The molecule has 17 heavy (non-hydrogen) atoms. The van der Waals surface area contributed by atoms with Gasteiger partial charge in [-0.3, -0.25) is 4.79 Å². The van der Waals surface area contributed by atoms with Gasteiger partial charge >= 0.3 is 5.97 Å². The SMILES string of the molecule is NCC(O)C(CCC(=O)O)Cc1ccccc1. The minimum Gasteiger partial charge on any atom is -0.481 e. The topological polar surface area (TPSA) is 83.5 Å². The van der Waals surface area contributed by atoms with E-state index in [-0.39, 0.29) is 18.9 Å².